The van der Waals surface area contributed by atoms with Gasteiger partial charge >= 0.3 is 0 Å². The second-order valence-electron chi connectivity index (χ2n) is 4.96. The Kier molecular flexibility index (Phi) is 3.68. The van der Waals surface area contributed by atoms with Crippen LogP contribution in [0.5, 0.6) is 0 Å². The molecule has 0 aromatic heterocycles. The standard InChI is InChI=1S/C16H17Br/c1-16(2,17)12-13-8-10-15(11-9-13)14-6-4-3-5-7-14/h3-11H,12H2,1-2H3. The zero-order chi connectivity index (χ0) is 12.3. The van der Waals surface area contributed by atoms with Crippen molar-refractivity contribution in [2.24, 2.45) is 0 Å². The zero-order valence-electron chi connectivity index (χ0n) is 10.3. The van der Waals surface area contributed by atoms with Crippen LogP contribution in [0.25, 0.3) is 11.1 Å². The van der Waals surface area contributed by atoms with Crippen LogP contribution >= 0.6 is 15.9 Å². The number of alkyl halides is 1. The average molecular weight is 289 g/mol. The molecule has 0 aliphatic rings. The Morgan fingerprint density at radius 1 is 0.824 bits per heavy atom. The molecule has 0 spiro atoms. The Morgan fingerprint density at radius 2 is 1.35 bits per heavy atom. The van der Waals surface area contributed by atoms with Crippen LogP contribution in [0, 0.1) is 0 Å². The third kappa shape index (κ3) is 3.71. The Balaban J connectivity index is 2.19. The van der Waals surface area contributed by atoms with Crippen LogP contribution in [-0.4, -0.2) is 4.32 Å². The topological polar surface area (TPSA) is 0 Å². The van der Waals surface area contributed by atoms with Crippen molar-refractivity contribution in [2.75, 3.05) is 0 Å². The maximum absolute atomic E-state index is 3.68. The van der Waals surface area contributed by atoms with E-state index < -0.39 is 0 Å². The molecule has 0 unspecified atom stereocenters. The van der Waals surface area contributed by atoms with Crippen molar-refractivity contribution < 1.29 is 0 Å². The second kappa shape index (κ2) is 5.05. The lowest BCUT2D eigenvalue weighted by Crippen LogP contribution is -2.12. The summed E-state index contributed by atoms with van der Waals surface area (Å²) in [5, 5.41) is 0. The van der Waals surface area contributed by atoms with Crippen LogP contribution in [0.1, 0.15) is 19.4 Å². The van der Waals surface area contributed by atoms with E-state index in [1.54, 1.807) is 0 Å². The minimum Gasteiger partial charge on any atom is -0.0856 e. The number of benzene rings is 2. The van der Waals surface area contributed by atoms with Crippen LogP contribution in [0.4, 0.5) is 0 Å². The lowest BCUT2D eigenvalue weighted by molar-refractivity contribution is 0.725. The van der Waals surface area contributed by atoms with E-state index in [4.69, 9.17) is 0 Å². The summed E-state index contributed by atoms with van der Waals surface area (Å²) in [7, 11) is 0. The van der Waals surface area contributed by atoms with Crippen LogP contribution in [-0.2, 0) is 6.42 Å². The van der Waals surface area contributed by atoms with Crippen molar-refractivity contribution in [1.29, 1.82) is 0 Å². The predicted molar refractivity (Wildman–Crippen MR) is 78.6 cm³/mol. The molecular weight excluding hydrogens is 272 g/mol. The van der Waals surface area contributed by atoms with Crippen LogP contribution in [0.2, 0.25) is 0 Å². The van der Waals surface area contributed by atoms with Gasteiger partial charge < -0.3 is 0 Å². The Hall–Kier alpha value is -1.08. The quantitative estimate of drug-likeness (QED) is 0.692. The van der Waals surface area contributed by atoms with Gasteiger partial charge in [0.15, 0.2) is 0 Å². The van der Waals surface area contributed by atoms with E-state index in [2.05, 4.69) is 78.3 Å². The lowest BCUT2D eigenvalue weighted by atomic mass is 9.99. The third-order valence-corrected chi connectivity index (χ3v) is 2.97. The average Bonchev–Trinajstić information content (AvgIpc) is 2.29. The maximum atomic E-state index is 3.68. The van der Waals surface area contributed by atoms with Crippen molar-refractivity contribution in [3.63, 3.8) is 0 Å². The summed E-state index contributed by atoms with van der Waals surface area (Å²) >= 11 is 3.68. The highest BCUT2D eigenvalue weighted by Gasteiger charge is 2.13. The third-order valence-electron chi connectivity index (χ3n) is 2.69. The Labute approximate surface area is 112 Å². The van der Waals surface area contributed by atoms with E-state index in [1.165, 1.54) is 16.7 Å². The fourth-order valence-electron chi connectivity index (χ4n) is 1.93. The van der Waals surface area contributed by atoms with E-state index in [-0.39, 0.29) is 4.32 Å². The van der Waals surface area contributed by atoms with Gasteiger partial charge in [-0.05, 0) is 37.0 Å². The molecule has 1 heteroatoms. The SMILES string of the molecule is CC(C)(Br)Cc1ccc(-c2ccccc2)cc1. The molecule has 2 aromatic rings. The van der Waals surface area contributed by atoms with Crippen molar-refractivity contribution in [3.05, 3.63) is 60.2 Å². The first-order valence-corrected chi connectivity index (χ1v) is 6.67. The van der Waals surface area contributed by atoms with Crippen molar-refractivity contribution >= 4 is 15.9 Å². The first-order chi connectivity index (χ1) is 8.04. The zero-order valence-corrected chi connectivity index (χ0v) is 11.9. The molecule has 0 saturated carbocycles. The highest BCUT2D eigenvalue weighted by Crippen LogP contribution is 2.24. The number of halogens is 1. The van der Waals surface area contributed by atoms with E-state index in [0.29, 0.717) is 0 Å². The van der Waals surface area contributed by atoms with E-state index in [0.717, 1.165) is 6.42 Å². The molecule has 17 heavy (non-hydrogen) atoms. The Morgan fingerprint density at radius 3 is 1.88 bits per heavy atom. The van der Waals surface area contributed by atoms with Gasteiger partial charge in [-0.2, -0.15) is 0 Å². The summed E-state index contributed by atoms with van der Waals surface area (Å²) in [5.74, 6) is 0. The molecule has 0 N–H and O–H groups in total. The molecule has 0 atom stereocenters. The molecule has 0 amide bonds. The van der Waals surface area contributed by atoms with Gasteiger partial charge in [-0.25, -0.2) is 0 Å². The molecule has 2 aromatic carbocycles. The highest BCUT2D eigenvalue weighted by atomic mass is 79.9. The molecule has 0 fully saturated rings. The fraction of sp³-hybridized carbons (Fsp3) is 0.250. The first-order valence-electron chi connectivity index (χ1n) is 5.88. The molecule has 0 bridgehead atoms. The van der Waals surface area contributed by atoms with Crippen LogP contribution < -0.4 is 0 Å². The van der Waals surface area contributed by atoms with Crippen LogP contribution in [0.3, 0.4) is 0 Å². The minimum absolute atomic E-state index is 0.168. The van der Waals surface area contributed by atoms with Gasteiger partial charge in [-0.3, -0.25) is 0 Å². The van der Waals surface area contributed by atoms with Gasteiger partial charge in [0.2, 0.25) is 0 Å². The predicted octanol–water partition coefficient (Wildman–Crippen LogP) is 5.07. The van der Waals surface area contributed by atoms with Gasteiger partial charge in [-0.15, -0.1) is 0 Å². The van der Waals surface area contributed by atoms with E-state index >= 15 is 0 Å². The number of hydrogen-bond acceptors (Lipinski definition) is 0. The first kappa shape index (κ1) is 12.4. The lowest BCUT2D eigenvalue weighted by Gasteiger charge is -2.16. The van der Waals surface area contributed by atoms with Crippen LogP contribution in [0.15, 0.2) is 54.6 Å². The maximum Gasteiger partial charge on any atom is 0.0242 e. The summed E-state index contributed by atoms with van der Waals surface area (Å²) in [5.41, 5.74) is 3.92. The smallest absolute Gasteiger partial charge is 0.0242 e. The normalized spacial score (nSPS) is 11.5. The second-order valence-corrected chi connectivity index (χ2v) is 7.11. The molecule has 0 aliphatic heterocycles. The Bertz CT molecular complexity index is 463. The molecule has 0 heterocycles. The summed E-state index contributed by atoms with van der Waals surface area (Å²) in [6, 6.07) is 19.3. The summed E-state index contributed by atoms with van der Waals surface area (Å²) in [6.45, 7) is 4.39. The summed E-state index contributed by atoms with van der Waals surface area (Å²) < 4.78 is 0.168. The molecular formula is C16H17Br. The molecule has 0 saturated heterocycles. The highest BCUT2D eigenvalue weighted by molar-refractivity contribution is 9.10. The molecule has 0 radical (unpaired) electrons. The van der Waals surface area contributed by atoms with Crippen molar-refractivity contribution in [2.45, 2.75) is 24.6 Å². The molecule has 0 aliphatic carbocycles. The minimum atomic E-state index is 0.168. The molecule has 0 nitrogen and oxygen atoms in total. The molecule has 88 valence electrons. The van der Waals surface area contributed by atoms with Gasteiger partial charge in [0.1, 0.15) is 0 Å². The van der Waals surface area contributed by atoms with E-state index in [1.807, 2.05) is 6.07 Å². The van der Waals surface area contributed by atoms with Gasteiger partial charge in [-0.1, -0.05) is 70.5 Å². The van der Waals surface area contributed by atoms with Gasteiger partial charge in [0.25, 0.3) is 0 Å². The van der Waals surface area contributed by atoms with E-state index in [9.17, 15) is 0 Å². The van der Waals surface area contributed by atoms with Crippen molar-refractivity contribution in [1.82, 2.24) is 0 Å². The number of rotatable bonds is 3. The largest absolute Gasteiger partial charge is 0.0856 e. The van der Waals surface area contributed by atoms with Gasteiger partial charge in [0.05, 0.1) is 0 Å². The fourth-order valence-corrected chi connectivity index (χ4v) is 2.25. The molecule has 2 rings (SSSR count). The summed E-state index contributed by atoms with van der Waals surface area (Å²) in [4.78, 5) is 0. The van der Waals surface area contributed by atoms with Gasteiger partial charge in [0, 0.05) is 4.32 Å². The monoisotopic (exact) mass is 288 g/mol. The summed E-state index contributed by atoms with van der Waals surface area (Å²) in [6.07, 6.45) is 1.04. The van der Waals surface area contributed by atoms with Crippen molar-refractivity contribution in [3.8, 4) is 11.1 Å². The number of hydrogen-bond donors (Lipinski definition) is 0.